The predicted octanol–water partition coefficient (Wildman–Crippen LogP) is 4.49. The molecule has 0 bridgehead atoms. The van der Waals surface area contributed by atoms with E-state index in [1.807, 2.05) is 37.5 Å². The summed E-state index contributed by atoms with van der Waals surface area (Å²) in [6.07, 6.45) is 6.63. The molecule has 0 aliphatic heterocycles. The van der Waals surface area contributed by atoms with Crippen molar-refractivity contribution < 1.29 is 4.74 Å². The molecule has 1 aliphatic carbocycles. The molecule has 1 fully saturated rings. The van der Waals surface area contributed by atoms with E-state index >= 15 is 0 Å². The lowest BCUT2D eigenvalue weighted by Crippen LogP contribution is -2.07. The van der Waals surface area contributed by atoms with Crippen LogP contribution in [0.1, 0.15) is 28.9 Å². The SMILES string of the molecule is Cc1nc(NCc2nnc(I)s2)cc(OC[C@H]2C[C@@H]2c2ccc(-c3cccnc3)cn2)n1. The summed E-state index contributed by atoms with van der Waals surface area (Å²) in [6.45, 7) is 3.04. The molecule has 4 aromatic rings. The number of pyridine rings is 2. The van der Waals surface area contributed by atoms with Crippen LogP contribution in [0, 0.1) is 15.9 Å². The third kappa shape index (κ3) is 5.18. The zero-order valence-corrected chi connectivity index (χ0v) is 20.2. The minimum Gasteiger partial charge on any atom is -0.477 e. The highest BCUT2D eigenvalue weighted by Gasteiger charge is 2.40. The number of aromatic nitrogens is 6. The minimum absolute atomic E-state index is 0.429. The fraction of sp³-hybridized carbons (Fsp3) is 0.273. The quantitative estimate of drug-likeness (QED) is 0.317. The molecule has 32 heavy (non-hydrogen) atoms. The Labute approximate surface area is 203 Å². The van der Waals surface area contributed by atoms with Gasteiger partial charge in [0.05, 0.1) is 13.2 Å². The van der Waals surface area contributed by atoms with Gasteiger partial charge in [0.2, 0.25) is 5.88 Å². The van der Waals surface area contributed by atoms with E-state index in [1.165, 1.54) is 0 Å². The van der Waals surface area contributed by atoms with Crippen LogP contribution in [0.15, 0.2) is 48.9 Å². The lowest BCUT2D eigenvalue weighted by atomic mass is 10.1. The van der Waals surface area contributed by atoms with E-state index in [4.69, 9.17) is 4.74 Å². The van der Waals surface area contributed by atoms with E-state index in [2.05, 4.69) is 70.2 Å². The van der Waals surface area contributed by atoms with Crippen molar-refractivity contribution in [2.45, 2.75) is 25.8 Å². The standard InChI is InChI=1S/C22H20IN7OS/c1-13-27-19(26-11-21-29-30-22(23)32-21)8-20(28-13)31-12-16-7-17(16)18-5-4-15(10-25-18)14-3-2-6-24-9-14/h2-6,8-10,16-17H,7,11-12H2,1H3,(H,26,27,28)/t16-,17+/m1/s1. The van der Waals surface area contributed by atoms with E-state index in [1.54, 1.807) is 17.5 Å². The second-order valence-corrected chi connectivity index (χ2v) is 10.4. The Kier molecular flexibility index (Phi) is 6.21. The zero-order valence-electron chi connectivity index (χ0n) is 17.3. The van der Waals surface area contributed by atoms with Crippen molar-refractivity contribution in [3.8, 4) is 17.0 Å². The number of halogens is 1. The Hall–Kier alpha value is -2.73. The normalized spacial score (nSPS) is 17.2. The molecular formula is C22H20IN7OS. The van der Waals surface area contributed by atoms with Crippen LogP contribution < -0.4 is 10.1 Å². The van der Waals surface area contributed by atoms with Gasteiger partial charge in [-0.3, -0.25) is 9.97 Å². The fourth-order valence-electron chi connectivity index (χ4n) is 3.49. The summed E-state index contributed by atoms with van der Waals surface area (Å²) in [5.41, 5.74) is 3.26. The smallest absolute Gasteiger partial charge is 0.218 e. The molecule has 1 N–H and O–H groups in total. The molecular weight excluding hydrogens is 537 g/mol. The highest BCUT2D eigenvalue weighted by molar-refractivity contribution is 14.1. The molecule has 8 nitrogen and oxygen atoms in total. The monoisotopic (exact) mass is 557 g/mol. The Bertz CT molecular complexity index is 1200. The van der Waals surface area contributed by atoms with E-state index in [0.717, 1.165) is 37.1 Å². The summed E-state index contributed by atoms with van der Waals surface area (Å²) >= 11 is 3.72. The summed E-state index contributed by atoms with van der Waals surface area (Å²) < 4.78 is 6.92. The molecule has 0 spiro atoms. The molecule has 1 aliphatic rings. The van der Waals surface area contributed by atoms with Crippen LogP contribution in [-0.2, 0) is 6.54 Å². The number of ether oxygens (including phenoxy) is 1. The predicted molar refractivity (Wildman–Crippen MR) is 131 cm³/mol. The van der Waals surface area contributed by atoms with E-state index in [0.29, 0.717) is 36.7 Å². The van der Waals surface area contributed by atoms with Crippen molar-refractivity contribution in [3.63, 3.8) is 0 Å². The summed E-state index contributed by atoms with van der Waals surface area (Å²) in [4.78, 5) is 17.7. The first-order valence-electron chi connectivity index (χ1n) is 10.2. The van der Waals surface area contributed by atoms with Crippen LogP contribution in [-0.4, -0.2) is 36.7 Å². The minimum atomic E-state index is 0.429. The van der Waals surface area contributed by atoms with Crippen molar-refractivity contribution in [3.05, 3.63) is 68.5 Å². The van der Waals surface area contributed by atoms with E-state index in [-0.39, 0.29) is 0 Å². The molecule has 1 saturated carbocycles. The van der Waals surface area contributed by atoms with Crippen molar-refractivity contribution in [2.24, 2.45) is 5.92 Å². The first-order valence-corrected chi connectivity index (χ1v) is 12.1. The lowest BCUT2D eigenvalue weighted by Gasteiger charge is -2.09. The van der Waals surface area contributed by atoms with E-state index in [9.17, 15) is 0 Å². The maximum Gasteiger partial charge on any atom is 0.218 e. The van der Waals surface area contributed by atoms with Gasteiger partial charge in [-0.05, 0) is 48.1 Å². The third-order valence-corrected chi connectivity index (χ3v) is 6.79. The van der Waals surface area contributed by atoms with Gasteiger partial charge in [0, 0.05) is 53.3 Å². The van der Waals surface area contributed by atoms with Gasteiger partial charge in [-0.1, -0.05) is 23.5 Å². The maximum absolute atomic E-state index is 6.00. The van der Waals surface area contributed by atoms with Gasteiger partial charge in [0.15, 0.2) is 3.01 Å². The Balaban J connectivity index is 1.16. The van der Waals surface area contributed by atoms with Crippen molar-refractivity contribution in [2.75, 3.05) is 11.9 Å². The fourth-order valence-corrected chi connectivity index (χ4v) is 4.86. The number of hydrogen-bond acceptors (Lipinski definition) is 9. The second-order valence-electron chi connectivity index (χ2n) is 7.57. The first kappa shape index (κ1) is 21.1. The molecule has 2 atom stereocenters. The molecule has 0 saturated heterocycles. The van der Waals surface area contributed by atoms with Crippen LogP contribution in [0.2, 0.25) is 0 Å². The topological polar surface area (TPSA) is 98.6 Å². The summed E-state index contributed by atoms with van der Waals surface area (Å²) in [5.74, 6) is 2.84. The largest absolute Gasteiger partial charge is 0.477 e. The molecule has 0 aromatic carbocycles. The lowest BCUT2D eigenvalue weighted by molar-refractivity contribution is 0.284. The maximum atomic E-state index is 6.00. The van der Waals surface area contributed by atoms with E-state index < -0.39 is 0 Å². The molecule has 162 valence electrons. The third-order valence-electron chi connectivity index (χ3n) is 5.21. The highest BCUT2D eigenvalue weighted by Crippen LogP contribution is 2.46. The molecule has 5 rings (SSSR count). The van der Waals surface area contributed by atoms with Crippen LogP contribution in [0.5, 0.6) is 5.88 Å². The van der Waals surface area contributed by atoms with Gasteiger partial charge in [-0.15, -0.1) is 10.2 Å². The average Bonchev–Trinajstić information content (AvgIpc) is 3.48. The number of anilines is 1. The second kappa shape index (κ2) is 9.41. The van der Waals surface area contributed by atoms with Gasteiger partial charge in [-0.25, -0.2) is 4.98 Å². The van der Waals surface area contributed by atoms with Crippen molar-refractivity contribution in [1.29, 1.82) is 0 Å². The van der Waals surface area contributed by atoms with Gasteiger partial charge in [0.25, 0.3) is 0 Å². The summed E-state index contributed by atoms with van der Waals surface area (Å²) in [5, 5.41) is 12.3. The molecule has 10 heteroatoms. The number of aryl methyl sites for hydroxylation is 1. The molecule has 0 radical (unpaired) electrons. The average molecular weight is 557 g/mol. The zero-order chi connectivity index (χ0) is 21.9. The van der Waals surface area contributed by atoms with Gasteiger partial charge >= 0.3 is 0 Å². The molecule has 0 amide bonds. The summed E-state index contributed by atoms with van der Waals surface area (Å²) in [7, 11) is 0. The molecule has 4 heterocycles. The van der Waals surface area contributed by atoms with Crippen molar-refractivity contribution in [1.82, 2.24) is 30.1 Å². The van der Waals surface area contributed by atoms with Gasteiger partial charge < -0.3 is 10.1 Å². The number of rotatable bonds is 8. The van der Waals surface area contributed by atoms with Crippen LogP contribution in [0.3, 0.4) is 0 Å². The van der Waals surface area contributed by atoms with Gasteiger partial charge in [0.1, 0.15) is 16.6 Å². The number of hydrogen-bond donors (Lipinski definition) is 1. The number of nitrogens with zero attached hydrogens (tertiary/aromatic N) is 6. The first-order chi connectivity index (χ1) is 15.6. The summed E-state index contributed by atoms with van der Waals surface area (Å²) in [6, 6.07) is 10.0. The van der Waals surface area contributed by atoms with Crippen molar-refractivity contribution >= 4 is 39.7 Å². The Morgan fingerprint density at radius 1 is 1.16 bits per heavy atom. The van der Waals surface area contributed by atoms with Gasteiger partial charge in [-0.2, -0.15) is 4.98 Å². The molecule has 0 unspecified atom stereocenters. The van der Waals surface area contributed by atoms with Crippen LogP contribution in [0.4, 0.5) is 5.82 Å². The van der Waals surface area contributed by atoms with Crippen LogP contribution in [0.25, 0.3) is 11.1 Å². The Morgan fingerprint density at radius 2 is 2.06 bits per heavy atom. The van der Waals surface area contributed by atoms with Crippen LogP contribution >= 0.6 is 33.9 Å². The Morgan fingerprint density at radius 3 is 2.81 bits per heavy atom. The highest BCUT2D eigenvalue weighted by atomic mass is 127. The molecule has 4 aromatic heterocycles. The number of nitrogens with one attached hydrogen (secondary N) is 1.